The molecule has 2 unspecified atom stereocenters. The van der Waals surface area contributed by atoms with Crippen LogP contribution >= 0.6 is 11.8 Å². The van der Waals surface area contributed by atoms with E-state index in [0.717, 1.165) is 0 Å². The molecule has 2 aromatic carbocycles. The summed E-state index contributed by atoms with van der Waals surface area (Å²) in [6.45, 7) is 2.13. The minimum Gasteiger partial charge on any atom is -0.323 e. The molecule has 0 saturated carbocycles. The first-order valence-corrected chi connectivity index (χ1v) is 6.71. The van der Waals surface area contributed by atoms with Crippen LogP contribution in [0.4, 0.5) is 0 Å². The molecule has 3 rings (SSSR count). The SMILES string of the molecule is Cc1ccc2c(c1)SC(c1ccccc1)C2N. The van der Waals surface area contributed by atoms with Gasteiger partial charge in [-0.3, -0.25) is 0 Å². The maximum Gasteiger partial charge on any atom is 0.0537 e. The average molecular weight is 241 g/mol. The third kappa shape index (κ3) is 1.88. The molecule has 0 saturated heterocycles. The zero-order chi connectivity index (χ0) is 11.8. The van der Waals surface area contributed by atoms with Crippen molar-refractivity contribution in [2.45, 2.75) is 23.1 Å². The van der Waals surface area contributed by atoms with Crippen molar-refractivity contribution in [2.24, 2.45) is 5.73 Å². The van der Waals surface area contributed by atoms with Crippen molar-refractivity contribution >= 4 is 11.8 Å². The predicted octanol–water partition coefficient (Wildman–Crippen LogP) is 3.84. The second-order valence-electron chi connectivity index (χ2n) is 4.52. The lowest BCUT2D eigenvalue weighted by molar-refractivity contribution is 0.715. The summed E-state index contributed by atoms with van der Waals surface area (Å²) in [6.07, 6.45) is 0. The normalized spacial score (nSPS) is 22.5. The topological polar surface area (TPSA) is 26.0 Å². The summed E-state index contributed by atoms with van der Waals surface area (Å²) in [6, 6.07) is 17.2. The first kappa shape index (κ1) is 10.9. The average Bonchev–Trinajstić information content (AvgIpc) is 2.67. The van der Waals surface area contributed by atoms with Crippen LogP contribution in [0.1, 0.15) is 28.0 Å². The molecule has 2 atom stereocenters. The Morgan fingerprint density at radius 2 is 1.82 bits per heavy atom. The Kier molecular flexibility index (Phi) is 2.69. The number of benzene rings is 2. The summed E-state index contributed by atoms with van der Waals surface area (Å²) in [5.41, 5.74) is 10.3. The third-order valence-corrected chi connectivity index (χ3v) is 4.66. The van der Waals surface area contributed by atoms with Crippen LogP contribution in [0, 0.1) is 6.92 Å². The lowest BCUT2D eigenvalue weighted by Gasteiger charge is -2.15. The minimum atomic E-state index is 0.109. The Labute approximate surface area is 106 Å². The highest BCUT2D eigenvalue weighted by molar-refractivity contribution is 8.00. The van der Waals surface area contributed by atoms with Gasteiger partial charge in [0.1, 0.15) is 0 Å². The molecule has 17 heavy (non-hydrogen) atoms. The monoisotopic (exact) mass is 241 g/mol. The number of rotatable bonds is 1. The van der Waals surface area contributed by atoms with Gasteiger partial charge in [-0.2, -0.15) is 0 Å². The number of hydrogen-bond donors (Lipinski definition) is 1. The highest BCUT2D eigenvalue weighted by Gasteiger charge is 2.31. The Morgan fingerprint density at radius 3 is 2.59 bits per heavy atom. The number of fused-ring (bicyclic) bond motifs is 1. The molecule has 0 bridgehead atoms. The molecule has 86 valence electrons. The van der Waals surface area contributed by atoms with Gasteiger partial charge in [-0.1, -0.05) is 42.5 Å². The maximum atomic E-state index is 6.35. The molecule has 0 amide bonds. The first-order chi connectivity index (χ1) is 8.25. The summed E-state index contributed by atoms with van der Waals surface area (Å²) in [7, 11) is 0. The van der Waals surface area contributed by atoms with Gasteiger partial charge in [-0.25, -0.2) is 0 Å². The van der Waals surface area contributed by atoms with Crippen molar-refractivity contribution in [3.05, 3.63) is 65.2 Å². The zero-order valence-corrected chi connectivity index (χ0v) is 10.6. The molecule has 1 heterocycles. The molecule has 0 spiro atoms. The highest BCUT2D eigenvalue weighted by atomic mass is 32.2. The molecule has 2 heteroatoms. The number of nitrogens with two attached hydrogens (primary N) is 1. The van der Waals surface area contributed by atoms with Crippen LogP contribution in [-0.4, -0.2) is 0 Å². The van der Waals surface area contributed by atoms with Gasteiger partial charge in [0.15, 0.2) is 0 Å². The van der Waals surface area contributed by atoms with Gasteiger partial charge in [0.25, 0.3) is 0 Å². The van der Waals surface area contributed by atoms with Gasteiger partial charge >= 0.3 is 0 Å². The maximum absolute atomic E-state index is 6.35. The van der Waals surface area contributed by atoms with Crippen molar-refractivity contribution in [1.29, 1.82) is 0 Å². The quantitative estimate of drug-likeness (QED) is 0.821. The Hall–Kier alpha value is -1.25. The number of hydrogen-bond acceptors (Lipinski definition) is 2. The van der Waals surface area contributed by atoms with Crippen LogP contribution in [0.15, 0.2) is 53.4 Å². The van der Waals surface area contributed by atoms with E-state index in [1.54, 1.807) is 0 Å². The highest BCUT2D eigenvalue weighted by Crippen LogP contribution is 2.51. The summed E-state index contributed by atoms with van der Waals surface area (Å²) >= 11 is 1.89. The molecular weight excluding hydrogens is 226 g/mol. The van der Waals surface area contributed by atoms with Gasteiger partial charge in [-0.15, -0.1) is 11.8 Å². The largest absolute Gasteiger partial charge is 0.323 e. The van der Waals surface area contributed by atoms with Gasteiger partial charge in [0.05, 0.1) is 5.25 Å². The lowest BCUT2D eigenvalue weighted by Crippen LogP contribution is -2.13. The van der Waals surface area contributed by atoms with E-state index in [0.29, 0.717) is 5.25 Å². The van der Waals surface area contributed by atoms with Crippen molar-refractivity contribution in [3.63, 3.8) is 0 Å². The summed E-state index contributed by atoms with van der Waals surface area (Å²) in [5.74, 6) is 0. The minimum absolute atomic E-state index is 0.109. The lowest BCUT2D eigenvalue weighted by atomic mass is 9.99. The van der Waals surface area contributed by atoms with Crippen LogP contribution in [0.3, 0.4) is 0 Å². The third-order valence-electron chi connectivity index (χ3n) is 3.24. The Morgan fingerprint density at radius 1 is 1.06 bits per heavy atom. The fourth-order valence-corrected chi connectivity index (χ4v) is 3.76. The van der Waals surface area contributed by atoms with Crippen molar-refractivity contribution in [2.75, 3.05) is 0 Å². The van der Waals surface area contributed by atoms with E-state index < -0.39 is 0 Å². The van der Waals surface area contributed by atoms with E-state index in [1.807, 2.05) is 17.8 Å². The number of aryl methyl sites for hydroxylation is 1. The second kappa shape index (κ2) is 4.21. The summed E-state index contributed by atoms with van der Waals surface area (Å²) in [5, 5.41) is 0.355. The predicted molar refractivity (Wildman–Crippen MR) is 73.1 cm³/mol. The van der Waals surface area contributed by atoms with Crippen LogP contribution < -0.4 is 5.73 Å². The summed E-state index contributed by atoms with van der Waals surface area (Å²) in [4.78, 5) is 1.34. The second-order valence-corrected chi connectivity index (χ2v) is 5.70. The molecule has 0 radical (unpaired) electrons. The Balaban J connectivity index is 1.99. The van der Waals surface area contributed by atoms with E-state index in [9.17, 15) is 0 Å². The molecular formula is C15H15NS. The van der Waals surface area contributed by atoms with Crippen molar-refractivity contribution in [3.8, 4) is 0 Å². The number of thioether (sulfide) groups is 1. The van der Waals surface area contributed by atoms with Gasteiger partial charge in [0.2, 0.25) is 0 Å². The standard InChI is InChI=1S/C15H15NS/c1-10-7-8-12-13(9-10)17-15(14(12)16)11-5-3-2-4-6-11/h2-9,14-15H,16H2,1H3. The molecule has 1 nitrogen and oxygen atoms in total. The molecule has 2 aromatic rings. The van der Waals surface area contributed by atoms with Crippen LogP contribution in [0.5, 0.6) is 0 Å². The van der Waals surface area contributed by atoms with Crippen molar-refractivity contribution in [1.82, 2.24) is 0 Å². The van der Waals surface area contributed by atoms with Gasteiger partial charge in [0, 0.05) is 10.9 Å². The van der Waals surface area contributed by atoms with E-state index in [4.69, 9.17) is 5.73 Å². The zero-order valence-electron chi connectivity index (χ0n) is 9.76. The molecule has 1 aliphatic heterocycles. The fraction of sp³-hybridized carbons (Fsp3) is 0.200. The van der Waals surface area contributed by atoms with Gasteiger partial charge in [-0.05, 0) is 29.7 Å². The van der Waals surface area contributed by atoms with Crippen LogP contribution in [0.2, 0.25) is 0 Å². The molecule has 0 aromatic heterocycles. The van der Waals surface area contributed by atoms with Gasteiger partial charge < -0.3 is 5.73 Å². The first-order valence-electron chi connectivity index (χ1n) is 5.83. The van der Waals surface area contributed by atoms with Crippen LogP contribution in [-0.2, 0) is 0 Å². The molecule has 2 N–H and O–H groups in total. The summed E-state index contributed by atoms with van der Waals surface area (Å²) < 4.78 is 0. The molecule has 0 fully saturated rings. The molecule has 1 aliphatic rings. The fourth-order valence-electron chi connectivity index (χ4n) is 2.31. The van der Waals surface area contributed by atoms with E-state index in [2.05, 4.69) is 49.4 Å². The van der Waals surface area contributed by atoms with E-state index in [-0.39, 0.29) is 6.04 Å². The van der Waals surface area contributed by atoms with Crippen molar-refractivity contribution < 1.29 is 0 Å². The van der Waals surface area contributed by atoms with Crippen LogP contribution in [0.25, 0.3) is 0 Å². The van der Waals surface area contributed by atoms with E-state index >= 15 is 0 Å². The Bertz CT molecular complexity index is 536. The van der Waals surface area contributed by atoms with E-state index in [1.165, 1.54) is 21.6 Å². The molecule has 0 aliphatic carbocycles. The smallest absolute Gasteiger partial charge is 0.0537 e.